The van der Waals surface area contributed by atoms with Crippen molar-refractivity contribution in [3.63, 3.8) is 0 Å². The molecule has 3 N–H and O–H groups in total. The monoisotopic (exact) mass is 456 g/mol. The lowest BCUT2D eigenvalue weighted by Gasteiger charge is -2.30. The van der Waals surface area contributed by atoms with E-state index in [0.29, 0.717) is 19.0 Å². The number of nitrogens with zero attached hydrogens (tertiary/aromatic N) is 4. The van der Waals surface area contributed by atoms with Crippen LogP contribution in [0, 0.1) is 0 Å². The first-order chi connectivity index (χ1) is 14.9. The first-order valence-electron chi connectivity index (χ1n) is 9.22. The summed E-state index contributed by atoms with van der Waals surface area (Å²) < 4.78 is 78.3. The van der Waals surface area contributed by atoms with E-state index >= 15 is 0 Å². The number of carbonyl (C=O) groups is 1. The first-order valence-corrected chi connectivity index (χ1v) is 9.22. The third-order valence-electron chi connectivity index (χ3n) is 4.89. The molecule has 2 aromatic rings. The molecule has 0 aliphatic carbocycles. The van der Waals surface area contributed by atoms with Crippen molar-refractivity contribution >= 4 is 11.6 Å². The Labute approximate surface area is 176 Å². The highest BCUT2D eigenvalue weighted by Crippen LogP contribution is 2.36. The number of hydrogen-bond acceptors (Lipinski definition) is 6. The van der Waals surface area contributed by atoms with E-state index in [4.69, 9.17) is 5.73 Å². The minimum absolute atomic E-state index is 0.0115. The maximum Gasteiger partial charge on any atom is 0.451 e. The average molecular weight is 456 g/mol. The first kappa shape index (κ1) is 21.6. The maximum absolute atomic E-state index is 13.3. The number of hydrazine groups is 1. The number of allylic oxidation sites excluding steroid dienone is 1. The van der Waals surface area contributed by atoms with Crippen LogP contribution >= 0.6 is 0 Å². The van der Waals surface area contributed by atoms with E-state index < -0.39 is 29.8 Å². The molecule has 13 heteroatoms. The zero-order valence-electron chi connectivity index (χ0n) is 16.1. The summed E-state index contributed by atoms with van der Waals surface area (Å²) in [4.78, 5) is 22.2. The summed E-state index contributed by atoms with van der Waals surface area (Å²) in [6.07, 6.45) is -5.06. The summed E-state index contributed by atoms with van der Waals surface area (Å²) >= 11 is 0. The number of aromatic nitrogens is 3. The van der Waals surface area contributed by atoms with Crippen LogP contribution in [-0.2, 0) is 17.1 Å². The van der Waals surface area contributed by atoms with Crippen molar-refractivity contribution in [3.8, 4) is 11.3 Å². The van der Waals surface area contributed by atoms with Gasteiger partial charge in [-0.3, -0.25) is 20.2 Å². The molecule has 0 saturated carbocycles. The smallest absolute Gasteiger partial charge is 0.366 e. The molecule has 4 rings (SSSR count). The fraction of sp³-hybridized carbons (Fsp3) is 0.263. The molecular weight excluding hydrogens is 442 g/mol. The zero-order chi connectivity index (χ0) is 23.3. The van der Waals surface area contributed by atoms with E-state index in [1.54, 1.807) is 5.01 Å². The van der Waals surface area contributed by atoms with Gasteiger partial charge in [0.15, 0.2) is 0 Å². The lowest BCUT2D eigenvalue weighted by Crippen LogP contribution is -2.38. The number of nitrogens with two attached hydrogens (primary N) is 1. The number of primary amides is 1. The normalized spacial score (nSPS) is 16.6. The van der Waals surface area contributed by atoms with Crippen LogP contribution < -0.4 is 11.2 Å². The molecule has 0 atom stereocenters. The molecule has 1 amide bonds. The number of halogens is 6. The summed E-state index contributed by atoms with van der Waals surface area (Å²) in [7, 11) is 0. The van der Waals surface area contributed by atoms with Crippen LogP contribution in [0.15, 0.2) is 41.9 Å². The highest BCUT2D eigenvalue weighted by molar-refractivity contribution is 6.04. The minimum Gasteiger partial charge on any atom is -0.366 e. The fourth-order valence-electron chi connectivity index (χ4n) is 3.43. The van der Waals surface area contributed by atoms with Gasteiger partial charge in [-0.2, -0.15) is 26.3 Å². The van der Waals surface area contributed by atoms with E-state index in [1.807, 2.05) is 0 Å². The van der Waals surface area contributed by atoms with Crippen LogP contribution in [-0.4, -0.2) is 32.4 Å². The second kappa shape index (κ2) is 7.50. The van der Waals surface area contributed by atoms with Crippen molar-refractivity contribution < 1.29 is 31.1 Å². The van der Waals surface area contributed by atoms with Gasteiger partial charge in [-0.05, 0) is 31.1 Å². The van der Waals surface area contributed by atoms with Gasteiger partial charge >= 0.3 is 12.4 Å². The van der Waals surface area contributed by atoms with Crippen LogP contribution in [0.1, 0.15) is 29.9 Å². The lowest BCUT2D eigenvalue weighted by molar-refractivity contribution is -0.145. The van der Waals surface area contributed by atoms with E-state index in [2.05, 4.69) is 20.4 Å². The van der Waals surface area contributed by atoms with Crippen molar-refractivity contribution in [2.75, 3.05) is 6.54 Å². The van der Waals surface area contributed by atoms with Crippen molar-refractivity contribution in [1.82, 2.24) is 25.4 Å². The van der Waals surface area contributed by atoms with Crippen molar-refractivity contribution in [2.24, 2.45) is 5.73 Å². The number of alkyl halides is 6. The highest BCUT2D eigenvalue weighted by atomic mass is 19.4. The second-order valence-corrected chi connectivity index (χ2v) is 7.04. The zero-order valence-corrected chi connectivity index (χ0v) is 16.1. The van der Waals surface area contributed by atoms with Crippen molar-refractivity contribution in [2.45, 2.75) is 25.2 Å². The minimum atomic E-state index is -4.91. The van der Waals surface area contributed by atoms with Crippen LogP contribution in [0.5, 0.6) is 0 Å². The predicted molar refractivity (Wildman–Crippen MR) is 98.5 cm³/mol. The van der Waals surface area contributed by atoms with Gasteiger partial charge in [-0.15, -0.1) is 0 Å². The van der Waals surface area contributed by atoms with Crippen LogP contribution in [0.25, 0.3) is 17.0 Å². The molecule has 0 unspecified atom stereocenters. The molecule has 2 aliphatic heterocycles. The van der Waals surface area contributed by atoms with Gasteiger partial charge in [0.2, 0.25) is 5.82 Å². The molecule has 0 bridgehead atoms. The summed E-state index contributed by atoms with van der Waals surface area (Å²) in [5.41, 5.74) is 7.48. The summed E-state index contributed by atoms with van der Waals surface area (Å²) in [6, 6.07) is 1.58. The molecule has 4 heterocycles. The van der Waals surface area contributed by atoms with Crippen molar-refractivity contribution in [3.05, 3.63) is 59.0 Å². The molecule has 168 valence electrons. The molecule has 0 radical (unpaired) electrons. The molecule has 1 fully saturated rings. The Hall–Kier alpha value is -3.64. The summed E-state index contributed by atoms with van der Waals surface area (Å²) in [5.74, 6) is -2.34. The third kappa shape index (κ3) is 3.97. The van der Waals surface area contributed by atoms with Crippen LogP contribution in [0.2, 0.25) is 0 Å². The van der Waals surface area contributed by atoms with Gasteiger partial charge < -0.3 is 5.73 Å². The largest absolute Gasteiger partial charge is 0.451 e. The summed E-state index contributed by atoms with van der Waals surface area (Å²) in [6.45, 7) is 0.569. The highest BCUT2D eigenvalue weighted by Gasteiger charge is 2.37. The Balaban J connectivity index is 1.91. The molecular formula is C19H14F6N6O. The maximum atomic E-state index is 13.3. The Morgan fingerprint density at radius 1 is 1.06 bits per heavy atom. The third-order valence-corrected chi connectivity index (χ3v) is 4.89. The Kier molecular flexibility index (Phi) is 5.06. The van der Waals surface area contributed by atoms with E-state index in [9.17, 15) is 31.1 Å². The molecule has 1 saturated heterocycles. The molecule has 2 aliphatic rings. The second-order valence-electron chi connectivity index (χ2n) is 7.04. The van der Waals surface area contributed by atoms with Gasteiger partial charge in [0.1, 0.15) is 5.69 Å². The van der Waals surface area contributed by atoms with E-state index in [1.165, 1.54) is 6.08 Å². The molecule has 0 spiro atoms. The topological polar surface area (TPSA) is 97.0 Å². The molecule has 0 aromatic carbocycles. The molecule has 32 heavy (non-hydrogen) atoms. The Bertz CT molecular complexity index is 1140. The van der Waals surface area contributed by atoms with E-state index in [-0.39, 0.29) is 28.1 Å². The number of hydrogen-bond donors (Lipinski definition) is 2. The molecule has 2 aromatic heterocycles. The van der Waals surface area contributed by atoms with Crippen molar-refractivity contribution in [1.29, 1.82) is 0 Å². The van der Waals surface area contributed by atoms with Gasteiger partial charge in [0.05, 0.1) is 17.0 Å². The number of amides is 1. The summed E-state index contributed by atoms with van der Waals surface area (Å²) in [5, 5.41) is 1.70. The van der Waals surface area contributed by atoms with Gasteiger partial charge in [-0.1, -0.05) is 0 Å². The molecule has 7 nitrogen and oxygen atoms in total. The Morgan fingerprint density at radius 3 is 2.41 bits per heavy atom. The quantitative estimate of drug-likeness (QED) is 0.689. The number of nitrogens with one attached hydrogen (secondary N) is 1. The van der Waals surface area contributed by atoms with E-state index in [0.717, 1.165) is 30.6 Å². The van der Waals surface area contributed by atoms with Gasteiger partial charge in [-0.25, -0.2) is 9.97 Å². The standard InChI is InChI=1S/C19H14F6N6O/c20-18(21,22)13-4-3-9(7-27-13)14-12(8-28-17(29-14)19(23,24)25)15-11(16(26)32)6-10-2-1-5-31(10)30-15/h3-4,6-8,30H,1-2,5H2,(H2,26,32). The van der Waals surface area contributed by atoms with Crippen LogP contribution in [0.4, 0.5) is 26.3 Å². The SMILES string of the molecule is NC(=O)C1=C(c2cnc(C(F)(F)F)nc2-c2ccc(C(F)(F)F)nc2)NN2CCCC2=C1. The number of pyridine rings is 1. The predicted octanol–water partition coefficient (Wildman–Crippen LogP) is 3.27. The Morgan fingerprint density at radius 2 is 1.81 bits per heavy atom. The number of rotatable bonds is 3. The van der Waals surface area contributed by atoms with Crippen LogP contribution in [0.3, 0.4) is 0 Å². The number of carbonyl (C=O) groups excluding carboxylic acids is 1. The number of fused-ring (bicyclic) bond motifs is 1. The fourth-order valence-corrected chi connectivity index (χ4v) is 3.43. The van der Waals surface area contributed by atoms with Gasteiger partial charge in [0.25, 0.3) is 5.91 Å². The lowest BCUT2D eigenvalue weighted by atomic mass is 10.00. The average Bonchev–Trinajstić information content (AvgIpc) is 3.19. The van der Waals surface area contributed by atoms with Gasteiger partial charge in [0, 0.05) is 35.8 Å².